The Hall–Kier alpha value is -1.18. The number of hydrogen-bond acceptors (Lipinski definition) is 6. The second-order valence-corrected chi connectivity index (χ2v) is 5.77. The molecule has 0 fully saturated rings. The molecule has 0 saturated carbocycles. The van der Waals surface area contributed by atoms with Crippen LogP contribution in [0, 0.1) is 0 Å². The van der Waals surface area contributed by atoms with E-state index in [4.69, 9.17) is 4.74 Å². The number of rotatable bonds is 4. The lowest BCUT2D eigenvalue weighted by Crippen LogP contribution is -2.18. The summed E-state index contributed by atoms with van der Waals surface area (Å²) in [4.78, 5) is 19.3. The van der Waals surface area contributed by atoms with Crippen molar-refractivity contribution in [2.75, 3.05) is 12.4 Å². The highest BCUT2D eigenvalue weighted by Crippen LogP contribution is 2.25. The van der Waals surface area contributed by atoms with Crippen LogP contribution < -0.4 is 0 Å². The van der Waals surface area contributed by atoms with E-state index in [1.165, 1.54) is 11.3 Å². The molecule has 0 aliphatic rings. The third-order valence-corrected chi connectivity index (χ3v) is 4.54. The summed E-state index contributed by atoms with van der Waals surface area (Å²) in [6.07, 6.45) is 3.26. The molecule has 0 radical (unpaired) electrons. The number of carbonyl (C=O) groups excluding carboxylic acids is 1. The standard InChI is InChI=1S/C10H10N2O3S2/c1-2-15-9(13)6-17(14)10-12-7-5-11-4-3-8(7)16-10/h3-5H,2,6H2,1H3. The second kappa shape index (κ2) is 5.44. The van der Waals surface area contributed by atoms with Gasteiger partial charge in [-0.2, -0.15) is 4.98 Å². The van der Waals surface area contributed by atoms with Crippen LogP contribution in [-0.4, -0.2) is 32.8 Å². The van der Waals surface area contributed by atoms with Gasteiger partial charge in [-0.05, 0) is 13.0 Å². The lowest BCUT2D eigenvalue weighted by Gasteiger charge is -2.05. The second-order valence-electron chi connectivity index (χ2n) is 3.12. The molecule has 0 saturated heterocycles. The summed E-state index contributed by atoms with van der Waals surface area (Å²) >= 11 is -0.136. The average molecular weight is 270 g/mol. The van der Waals surface area contributed by atoms with Crippen LogP contribution in [0.5, 0.6) is 0 Å². The van der Waals surface area contributed by atoms with Gasteiger partial charge in [0.1, 0.15) is 5.52 Å². The fourth-order valence-corrected chi connectivity index (χ4v) is 3.33. The van der Waals surface area contributed by atoms with Crippen molar-refractivity contribution in [1.82, 2.24) is 9.97 Å². The van der Waals surface area contributed by atoms with Gasteiger partial charge in [0.15, 0.2) is 0 Å². The summed E-state index contributed by atoms with van der Waals surface area (Å²) in [5.74, 6) is -0.621. The van der Waals surface area contributed by atoms with Crippen molar-refractivity contribution in [2.45, 2.75) is 11.3 Å². The Bertz CT molecular complexity index is 496. The number of esters is 1. The highest BCUT2D eigenvalue weighted by Gasteiger charge is 2.21. The van der Waals surface area contributed by atoms with E-state index in [0.717, 1.165) is 4.70 Å². The van der Waals surface area contributed by atoms with E-state index in [2.05, 4.69) is 9.97 Å². The lowest BCUT2D eigenvalue weighted by molar-refractivity contribution is -0.139. The van der Waals surface area contributed by atoms with Crippen molar-refractivity contribution < 1.29 is 14.1 Å². The van der Waals surface area contributed by atoms with Gasteiger partial charge >= 0.3 is 10.3 Å². The third-order valence-electron chi connectivity index (χ3n) is 1.92. The largest absolute Gasteiger partial charge is 0.609 e. The highest BCUT2D eigenvalue weighted by atomic mass is 32.2. The molecule has 5 nitrogen and oxygen atoms in total. The molecule has 0 amide bonds. The zero-order chi connectivity index (χ0) is 12.3. The maximum absolute atomic E-state index is 11.8. The fourth-order valence-electron chi connectivity index (χ4n) is 1.23. The maximum Gasteiger partial charge on any atom is 0.356 e. The number of carbonyl (C=O) groups is 1. The van der Waals surface area contributed by atoms with Crippen molar-refractivity contribution >= 4 is 38.7 Å². The molecule has 1 atom stereocenters. The quantitative estimate of drug-likeness (QED) is 0.619. The fraction of sp³-hybridized carbons (Fsp3) is 0.300. The molecule has 90 valence electrons. The smallest absolute Gasteiger partial charge is 0.356 e. The minimum Gasteiger partial charge on any atom is -0.609 e. The number of nitrogens with zero attached hydrogens (tertiary/aromatic N) is 2. The Morgan fingerprint density at radius 2 is 2.47 bits per heavy atom. The SMILES string of the molecule is CCOC(=O)C[S+]([O-])c1nc2cnccc2s1. The van der Waals surface area contributed by atoms with Gasteiger partial charge in [-0.15, -0.1) is 0 Å². The molecular formula is C10H10N2O3S2. The predicted octanol–water partition coefficient (Wildman–Crippen LogP) is 1.36. The van der Waals surface area contributed by atoms with Crippen LogP contribution in [0.4, 0.5) is 0 Å². The van der Waals surface area contributed by atoms with Crippen LogP contribution in [0.15, 0.2) is 22.8 Å². The van der Waals surface area contributed by atoms with Crippen LogP contribution in [0.2, 0.25) is 0 Å². The third kappa shape index (κ3) is 2.93. The first-order valence-electron chi connectivity index (χ1n) is 4.95. The first-order valence-corrected chi connectivity index (χ1v) is 7.09. The van der Waals surface area contributed by atoms with Crippen molar-refractivity contribution in [3.8, 4) is 0 Å². The first-order chi connectivity index (χ1) is 8.20. The molecule has 7 heteroatoms. The Kier molecular flexibility index (Phi) is 3.93. The summed E-state index contributed by atoms with van der Waals surface area (Å²) < 4.78 is 17.9. The zero-order valence-corrected chi connectivity index (χ0v) is 10.7. The molecule has 2 heterocycles. The van der Waals surface area contributed by atoms with Gasteiger partial charge in [0, 0.05) is 17.4 Å². The maximum atomic E-state index is 11.8. The molecule has 1 unspecified atom stereocenters. The van der Waals surface area contributed by atoms with Crippen LogP contribution in [-0.2, 0) is 20.7 Å². The van der Waals surface area contributed by atoms with Crippen molar-refractivity contribution in [2.24, 2.45) is 0 Å². The molecule has 0 aliphatic carbocycles. The number of fused-ring (bicyclic) bond motifs is 1. The topological polar surface area (TPSA) is 75.1 Å². The van der Waals surface area contributed by atoms with Crippen molar-refractivity contribution in [3.05, 3.63) is 18.5 Å². The lowest BCUT2D eigenvalue weighted by atomic mass is 10.5. The monoisotopic (exact) mass is 270 g/mol. The summed E-state index contributed by atoms with van der Waals surface area (Å²) in [7, 11) is 0. The van der Waals surface area contributed by atoms with Crippen LogP contribution in [0.25, 0.3) is 10.2 Å². The number of ether oxygens (including phenoxy) is 1. The normalized spacial score (nSPS) is 12.6. The van der Waals surface area contributed by atoms with E-state index in [9.17, 15) is 9.35 Å². The van der Waals surface area contributed by atoms with Crippen LogP contribution in [0.1, 0.15) is 6.92 Å². The Morgan fingerprint density at radius 1 is 1.65 bits per heavy atom. The highest BCUT2D eigenvalue weighted by molar-refractivity contribution is 7.94. The van der Waals surface area contributed by atoms with E-state index in [1.807, 2.05) is 0 Å². The van der Waals surface area contributed by atoms with E-state index >= 15 is 0 Å². The molecule has 0 N–H and O–H groups in total. The van der Waals surface area contributed by atoms with E-state index in [-0.39, 0.29) is 5.75 Å². The van der Waals surface area contributed by atoms with Gasteiger partial charge in [-0.25, -0.2) is 4.79 Å². The minimum atomic E-state index is -1.44. The number of hydrogen-bond donors (Lipinski definition) is 0. The Labute approximate surface area is 105 Å². The van der Waals surface area contributed by atoms with Gasteiger partial charge < -0.3 is 9.29 Å². The molecule has 0 aromatic carbocycles. The Morgan fingerprint density at radius 3 is 3.18 bits per heavy atom. The van der Waals surface area contributed by atoms with Gasteiger partial charge in [0.2, 0.25) is 5.75 Å². The predicted molar refractivity (Wildman–Crippen MR) is 65.3 cm³/mol. The summed E-state index contributed by atoms with van der Waals surface area (Å²) in [6.45, 7) is 2.00. The molecule has 2 rings (SSSR count). The van der Waals surface area contributed by atoms with Crippen LogP contribution >= 0.6 is 11.3 Å². The van der Waals surface area contributed by atoms with Gasteiger partial charge in [0.25, 0.3) is 0 Å². The van der Waals surface area contributed by atoms with Crippen LogP contribution in [0.3, 0.4) is 0 Å². The van der Waals surface area contributed by atoms with Crippen molar-refractivity contribution in [1.29, 1.82) is 0 Å². The number of thiazole rings is 1. The van der Waals surface area contributed by atoms with Crippen molar-refractivity contribution in [3.63, 3.8) is 0 Å². The van der Waals surface area contributed by atoms with Gasteiger partial charge in [0.05, 0.1) is 17.5 Å². The zero-order valence-electron chi connectivity index (χ0n) is 9.08. The number of pyridine rings is 1. The minimum absolute atomic E-state index is 0.152. The van der Waals surface area contributed by atoms with E-state index < -0.39 is 17.1 Å². The molecule has 0 bridgehead atoms. The molecule has 0 aliphatic heterocycles. The molecule has 2 aromatic rings. The summed E-state index contributed by atoms with van der Waals surface area (Å²) in [6, 6.07) is 1.80. The molecule has 2 aromatic heterocycles. The first kappa shape index (κ1) is 12.3. The Balaban J connectivity index is 2.13. The molecule has 17 heavy (non-hydrogen) atoms. The molecule has 0 spiro atoms. The summed E-state index contributed by atoms with van der Waals surface area (Å²) in [5.41, 5.74) is 0.699. The van der Waals surface area contributed by atoms with E-state index in [0.29, 0.717) is 16.5 Å². The van der Waals surface area contributed by atoms with E-state index in [1.54, 1.807) is 25.4 Å². The average Bonchev–Trinajstić information content (AvgIpc) is 2.72. The van der Waals surface area contributed by atoms with Gasteiger partial charge in [-0.3, -0.25) is 4.98 Å². The summed E-state index contributed by atoms with van der Waals surface area (Å²) in [5, 5.41) is 0. The molecular weight excluding hydrogens is 260 g/mol. The van der Waals surface area contributed by atoms with Gasteiger partial charge in [-0.1, -0.05) is 11.3 Å². The number of aromatic nitrogens is 2.